The van der Waals surface area contributed by atoms with Crippen molar-refractivity contribution in [3.05, 3.63) is 5.28 Å². The van der Waals surface area contributed by atoms with Gasteiger partial charge < -0.3 is 15.5 Å². The third kappa shape index (κ3) is 3.66. The number of hydrogen-bond acceptors (Lipinski definition) is 6. The highest BCUT2D eigenvalue weighted by atomic mass is 35.5. The molecule has 0 radical (unpaired) electrons. The van der Waals surface area contributed by atoms with Crippen molar-refractivity contribution in [2.45, 2.75) is 25.8 Å². The topological polar surface area (TPSA) is 83.0 Å². The molecule has 1 fully saturated rings. The molecule has 0 saturated carbocycles. The molecule has 104 valence electrons. The Kier molecular flexibility index (Phi) is 4.36. The Balaban J connectivity index is 2.04. The van der Waals surface area contributed by atoms with Gasteiger partial charge in [-0.05, 0) is 24.9 Å². The van der Waals surface area contributed by atoms with E-state index in [-0.39, 0.29) is 17.2 Å². The summed E-state index contributed by atoms with van der Waals surface area (Å²) in [7, 11) is 1.79. The van der Waals surface area contributed by atoms with Gasteiger partial charge in [0.2, 0.25) is 23.1 Å². The highest BCUT2D eigenvalue weighted by Crippen LogP contribution is 2.15. The van der Waals surface area contributed by atoms with E-state index in [2.05, 4.69) is 25.6 Å². The van der Waals surface area contributed by atoms with Crippen LogP contribution in [0.2, 0.25) is 5.28 Å². The maximum absolute atomic E-state index is 11.4. The van der Waals surface area contributed by atoms with Crippen molar-refractivity contribution in [3.63, 3.8) is 0 Å². The predicted molar refractivity (Wildman–Crippen MR) is 73.3 cm³/mol. The molecule has 0 bridgehead atoms. The van der Waals surface area contributed by atoms with Crippen LogP contribution in [0.1, 0.15) is 19.8 Å². The summed E-state index contributed by atoms with van der Waals surface area (Å²) in [5, 5.41) is 6.33. The smallest absolute Gasteiger partial charge is 0.229 e. The van der Waals surface area contributed by atoms with Crippen LogP contribution in [0.25, 0.3) is 0 Å². The van der Waals surface area contributed by atoms with Gasteiger partial charge in [0.25, 0.3) is 0 Å². The highest BCUT2D eigenvalue weighted by molar-refractivity contribution is 6.28. The first-order valence-corrected chi connectivity index (χ1v) is 6.62. The zero-order valence-electron chi connectivity index (χ0n) is 11.0. The SMILES string of the molecule is CCNc1nc(Cl)nc(NC2CCC(=O)N(C)C2)n1. The minimum atomic E-state index is 0.135. The largest absolute Gasteiger partial charge is 0.354 e. The van der Waals surface area contributed by atoms with E-state index in [9.17, 15) is 4.79 Å². The molecule has 1 aliphatic heterocycles. The number of rotatable bonds is 4. The van der Waals surface area contributed by atoms with E-state index < -0.39 is 0 Å². The van der Waals surface area contributed by atoms with Crippen molar-refractivity contribution in [1.82, 2.24) is 19.9 Å². The number of likely N-dealkylation sites (tertiary alicyclic amines) is 1. The lowest BCUT2D eigenvalue weighted by Gasteiger charge is -2.30. The van der Waals surface area contributed by atoms with Gasteiger partial charge in [0, 0.05) is 32.6 Å². The molecular formula is C11H17ClN6O. The normalized spacial score (nSPS) is 19.4. The van der Waals surface area contributed by atoms with E-state index in [0.29, 0.717) is 31.4 Å². The van der Waals surface area contributed by atoms with Gasteiger partial charge in [-0.3, -0.25) is 4.79 Å². The zero-order chi connectivity index (χ0) is 13.8. The second kappa shape index (κ2) is 6.01. The summed E-state index contributed by atoms with van der Waals surface area (Å²) in [4.78, 5) is 25.4. The van der Waals surface area contributed by atoms with Gasteiger partial charge in [-0.2, -0.15) is 15.0 Å². The number of carbonyl (C=O) groups is 1. The Hall–Kier alpha value is -1.63. The Bertz CT molecular complexity index is 468. The monoisotopic (exact) mass is 284 g/mol. The predicted octanol–water partition coefficient (Wildman–Crippen LogP) is 0.989. The standard InChI is InChI=1S/C11H17ClN6O/c1-3-13-10-15-9(12)16-11(17-10)14-7-4-5-8(19)18(2)6-7/h7H,3-6H2,1-2H3,(H2,13,14,15,16,17). The zero-order valence-corrected chi connectivity index (χ0v) is 11.7. The number of nitrogens with one attached hydrogen (secondary N) is 2. The number of anilines is 2. The minimum Gasteiger partial charge on any atom is -0.354 e. The molecule has 1 aliphatic rings. The molecule has 8 heteroatoms. The third-order valence-corrected chi connectivity index (χ3v) is 3.07. The van der Waals surface area contributed by atoms with E-state index in [1.54, 1.807) is 11.9 Å². The van der Waals surface area contributed by atoms with Gasteiger partial charge in [-0.1, -0.05) is 0 Å². The summed E-state index contributed by atoms with van der Waals surface area (Å²) in [5.41, 5.74) is 0. The fourth-order valence-corrected chi connectivity index (χ4v) is 2.12. The van der Waals surface area contributed by atoms with Crippen molar-refractivity contribution in [2.75, 3.05) is 30.8 Å². The Morgan fingerprint density at radius 3 is 2.79 bits per heavy atom. The summed E-state index contributed by atoms with van der Waals surface area (Å²) in [5.74, 6) is 1.05. The number of likely N-dealkylation sites (N-methyl/N-ethyl adjacent to an activating group) is 1. The van der Waals surface area contributed by atoms with Gasteiger partial charge in [-0.15, -0.1) is 0 Å². The molecule has 2 rings (SSSR count). The molecule has 2 heterocycles. The summed E-state index contributed by atoms with van der Waals surface area (Å²) >= 11 is 5.85. The summed E-state index contributed by atoms with van der Waals surface area (Å²) in [6.45, 7) is 3.30. The van der Waals surface area contributed by atoms with Gasteiger partial charge >= 0.3 is 0 Å². The Morgan fingerprint density at radius 1 is 1.37 bits per heavy atom. The van der Waals surface area contributed by atoms with Crippen LogP contribution in [0.5, 0.6) is 0 Å². The molecule has 7 nitrogen and oxygen atoms in total. The van der Waals surface area contributed by atoms with Crippen LogP contribution in [-0.2, 0) is 4.79 Å². The average Bonchev–Trinajstić information content (AvgIpc) is 2.33. The average molecular weight is 285 g/mol. The van der Waals surface area contributed by atoms with Crippen LogP contribution in [0, 0.1) is 0 Å². The fraction of sp³-hybridized carbons (Fsp3) is 0.636. The first kappa shape index (κ1) is 13.8. The quantitative estimate of drug-likeness (QED) is 0.858. The molecule has 0 aromatic carbocycles. The van der Waals surface area contributed by atoms with Crippen molar-refractivity contribution in [1.29, 1.82) is 0 Å². The first-order chi connectivity index (χ1) is 9.08. The molecule has 1 aromatic heterocycles. The maximum atomic E-state index is 11.4. The second-order valence-corrected chi connectivity index (χ2v) is 4.77. The van der Waals surface area contributed by atoms with Crippen molar-refractivity contribution in [3.8, 4) is 0 Å². The summed E-state index contributed by atoms with van der Waals surface area (Å²) < 4.78 is 0. The molecule has 1 atom stereocenters. The van der Waals surface area contributed by atoms with Crippen LogP contribution < -0.4 is 10.6 Å². The number of aromatic nitrogens is 3. The number of piperidine rings is 1. The lowest BCUT2D eigenvalue weighted by atomic mass is 10.1. The van der Waals surface area contributed by atoms with E-state index >= 15 is 0 Å². The third-order valence-electron chi connectivity index (χ3n) is 2.90. The van der Waals surface area contributed by atoms with Crippen LogP contribution in [-0.4, -0.2) is 51.9 Å². The van der Waals surface area contributed by atoms with Gasteiger partial charge in [-0.25, -0.2) is 0 Å². The molecule has 1 saturated heterocycles. The second-order valence-electron chi connectivity index (χ2n) is 4.44. The molecule has 1 aromatic rings. The van der Waals surface area contributed by atoms with Crippen molar-refractivity contribution in [2.24, 2.45) is 0 Å². The minimum absolute atomic E-state index is 0.135. The first-order valence-electron chi connectivity index (χ1n) is 6.24. The molecule has 19 heavy (non-hydrogen) atoms. The Labute approximate surface area is 116 Å². The number of hydrogen-bond donors (Lipinski definition) is 2. The molecule has 1 unspecified atom stereocenters. The van der Waals surface area contributed by atoms with Crippen LogP contribution >= 0.6 is 11.6 Å². The summed E-state index contributed by atoms with van der Waals surface area (Å²) in [6, 6.07) is 0.135. The van der Waals surface area contributed by atoms with Crippen LogP contribution in [0.3, 0.4) is 0 Å². The molecule has 1 amide bonds. The highest BCUT2D eigenvalue weighted by Gasteiger charge is 2.23. The van der Waals surface area contributed by atoms with E-state index in [1.165, 1.54) is 0 Å². The van der Waals surface area contributed by atoms with Crippen molar-refractivity contribution >= 4 is 29.4 Å². The lowest BCUT2D eigenvalue weighted by Crippen LogP contribution is -2.43. The van der Waals surface area contributed by atoms with Gasteiger partial charge in [0.1, 0.15) is 0 Å². The maximum Gasteiger partial charge on any atom is 0.229 e. The van der Waals surface area contributed by atoms with Crippen molar-refractivity contribution < 1.29 is 4.79 Å². The fourth-order valence-electron chi connectivity index (χ4n) is 1.96. The number of halogens is 1. The molecule has 0 spiro atoms. The molecule has 0 aliphatic carbocycles. The van der Waals surface area contributed by atoms with Crippen LogP contribution in [0.15, 0.2) is 0 Å². The van der Waals surface area contributed by atoms with E-state index in [0.717, 1.165) is 6.42 Å². The van der Waals surface area contributed by atoms with E-state index in [1.807, 2.05) is 6.92 Å². The number of amides is 1. The number of nitrogens with zero attached hydrogens (tertiary/aromatic N) is 4. The lowest BCUT2D eigenvalue weighted by molar-refractivity contribution is -0.132. The van der Waals surface area contributed by atoms with Crippen LogP contribution in [0.4, 0.5) is 11.9 Å². The number of carbonyl (C=O) groups excluding carboxylic acids is 1. The molecule has 2 N–H and O–H groups in total. The van der Waals surface area contributed by atoms with Gasteiger partial charge in [0.15, 0.2) is 0 Å². The Morgan fingerprint density at radius 2 is 2.11 bits per heavy atom. The summed E-state index contributed by atoms with van der Waals surface area (Å²) in [6.07, 6.45) is 1.30. The van der Waals surface area contributed by atoms with E-state index in [4.69, 9.17) is 11.6 Å². The van der Waals surface area contributed by atoms with Gasteiger partial charge in [0.05, 0.1) is 0 Å². The molecular weight excluding hydrogens is 268 g/mol.